The molecule has 1 aliphatic rings. The topological polar surface area (TPSA) is 24.5 Å². The van der Waals surface area contributed by atoms with E-state index in [4.69, 9.17) is 4.74 Å². The molecule has 2 aromatic rings. The molecule has 0 amide bonds. The van der Waals surface area contributed by atoms with E-state index < -0.39 is 23.6 Å². The highest BCUT2D eigenvalue weighted by molar-refractivity contribution is 5.43. The van der Waals surface area contributed by atoms with Crippen molar-refractivity contribution in [3.63, 3.8) is 0 Å². The SMILES string of the molecule is COc1ccc(F)cc1C(c1cccc(C(F)(F)F)c1)N1CCCNCC1. The Bertz CT molecular complexity index is 771. The number of alkyl halides is 3. The predicted molar refractivity (Wildman–Crippen MR) is 95.3 cm³/mol. The molecular formula is C20H22F4N2O. The minimum atomic E-state index is -4.44. The molecule has 27 heavy (non-hydrogen) atoms. The summed E-state index contributed by atoms with van der Waals surface area (Å²) in [6.07, 6.45) is -3.58. The van der Waals surface area contributed by atoms with E-state index >= 15 is 0 Å². The lowest BCUT2D eigenvalue weighted by Gasteiger charge is -2.32. The number of benzene rings is 2. The van der Waals surface area contributed by atoms with Gasteiger partial charge in [-0.15, -0.1) is 0 Å². The summed E-state index contributed by atoms with van der Waals surface area (Å²) in [5, 5.41) is 3.28. The van der Waals surface area contributed by atoms with Gasteiger partial charge >= 0.3 is 6.18 Å². The Balaban J connectivity index is 2.12. The van der Waals surface area contributed by atoms with Crippen LogP contribution in [-0.2, 0) is 6.18 Å². The summed E-state index contributed by atoms with van der Waals surface area (Å²) in [4.78, 5) is 2.08. The van der Waals surface area contributed by atoms with Crippen LogP contribution in [0.3, 0.4) is 0 Å². The van der Waals surface area contributed by atoms with Gasteiger partial charge in [0.15, 0.2) is 0 Å². The molecule has 146 valence electrons. The van der Waals surface area contributed by atoms with Crippen LogP contribution in [0, 0.1) is 5.82 Å². The molecule has 1 heterocycles. The highest BCUT2D eigenvalue weighted by Gasteiger charge is 2.33. The largest absolute Gasteiger partial charge is 0.496 e. The second kappa shape index (κ2) is 8.27. The van der Waals surface area contributed by atoms with Crippen LogP contribution < -0.4 is 10.1 Å². The summed E-state index contributed by atoms with van der Waals surface area (Å²) in [5.41, 5.74) is 0.280. The number of hydrogen-bond acceptors (Lipinski definition) is 3. The van der Waals surface area contributed by atoms with Crippen LogP contribution in [0.15, 0.2) is 42.5 Å². The van der Waals surface area contributed by atoms with Crippen molar-refractivity contribution < 1.29 is 22.3 Å². The quantitative estimate of drug-likeness (QED) is 0.801. The molecule has 1 aliphatic heterocycles. The molecule has 2 aromatic carbocycles. The average molecular weight is 382 g/mol. The summed E-state index contributed by atoms with van der Waals surface area (Å²) < 4.78 is 59.1. The molecule has 1 saturated heterocycles. The van der Waals surface area contributed by atoms with Gasteiger partial charge in [-0.3, -0.25) is 4.90 Å². The molecule has 0 radical (unpaired) electrons. The van der Waals surface area contributed by atoms with Gasteiger partial charge in [0.2, 0.25) is 0 Å². The summed E-state index contributed by atoms with van der Waals surface area (Å²) in [6, 6.07) is 8.87. The molecule has 0 saturated carbocycles. The highest BCUT2D eigenvalue weighted by atomic mass is 19.4. The molecule has 1 unspecified atom stereocenters. The lowest BCUT2D eigenvalue weighted by Crippen LogP contribution is -2.33. The zero-order valence-corrected chi connectivity index (χ0v) is 15.0. The lowest BCUT2D eigenvalue weighted by atomic mass is 9.94. The first kappa shape index (κ1) is 19.6. The van der Waals surface area contributed by atoms with Gasteiger partial charge in [-0.05, 0) is 48.9 Å². The van der Waals surface area contributed by atoms with Crippen LogP contribution >= 0.6 is 0 Å². The zero-order chi connectivity index (χ0) is 19.4. The normalized spacial score (nSPS) is 17.4. The van der Waals surface area contributed by atoms with Gasteiger partial charge in [0.1, 0.15) is 11.6 Å². The Morgan fingerprint density at radius 1 is 1.07 bits per heavy atom. The molecule has 0 spiro atoms. The van der Waals surface area contributed by atoms with Crippen LogP contribution in [0.5, 0.6) is 5.75 Å². The van der Waals surface area contributed by atoms with E-state index in [-0.39, 0.29) is 0 Å². The Hall–Kier alpha value is -2.12. The maximum atomic E-state index is 14.0. The fourth-order valence-electron chi connectivity index (χ4n) is 3.52. The second-order valence-electron chi connectivity index (χ2n) is 6.55. The summed E-state index contributed by atoms with van der Waals surface area (Å²) in [7, 11) is 1.48. The van der Waals surface area contributed by atoms with Crippen LogP contribution in [0.1, 0.15) is 29.2 Å². The highest BCUT2D eigenvalue weighted by Crippen LogP contribution is 2.38. The third-order valence-electron chi connectivity index (χ3n) is 4.76. The molecule has 3 rings (SSSR count). The van der Waals surface area contributed by atoms with Gasteiger partial charge in [0.25, 0.3) is 0 Å². The standard InChI is InChI=1S/C20H22F4N2O/c1-27-18-7-6-16(21)13-17(18)19(26-10-3-8-25-9-11-26)14-4-2-5-15(12-14)20(22,23)24/h2,4-7,12-13,19,25H,3,8-11H2,1H3. The van der Waals surface area contributed by atoms with E-state index in [1.807, 2.05) is 0 Å². The van der Waals surface area contributed by atoms with Crippen molar-refractivity contribution in [3.05, 3.63) is 65.0 Å². The Labute approximate surface area is 155 Å². The zero-order valence-electron chi connectivity index (χ0n) is 15.0. The predicted octanol–water partition coefficient (Wildman–Crippen LogP) is 4.24. The minimum Gasteiger partial charge on any atom is -0.496 e. The van der Waals surface area contributed by atoms with Gasteiger partial charge in [0.05, 0.1) is 18.7 Å². The number of halogens is 4. The van der Waals surface area contributed by atoms with E-state index in [1.165, 1.54) is 31.4 Å². The monoisotopic (exact) mass is 382 g/mol. The van der Waals surface area contributed by atoms with Crippen molar-refractivity contribution in [2.24, 2.45) is 0 Å². The molecule has 7 heteroatoms. The van der Waals surface area contributed by atoms with Crippen LogP contribution in [0.25, 0.3) is 0 Å². The van der Waals surface area contributed by atoms with E-state index in [0.29, 0.717) is 36.5 Å². The number of hydrogen-bond donors (Lipinski definition) is 1. The van der Waals surface area contributed by atoms with Gasteiger partial charge in [-0.1, -0.05) is 12.1 Å². The maximum absolute atomic E-state index is 14.0. The summed E-state index contributed by atoms with van der Waals surface area (Å²) in [6.45, 7) is 2.88. The lowest BCUT2D eigenvalue weighted by molar-refractivity contribution is -0.137. The fourth-order valence-corrected chi connectivity index (χ4v) is 3.52. The van der Waals surface area contributed by atoms with Crippen molar-refractivity contribution in [1.29, 1.82) is 0 Å². The first-order valence-corrected chi connectivity index (χ1v) is 8.85. The Morgan fingerprint density at radius 3 is 2.63 bits per heavy atom. The molecule has 0 aliphatic carbocycles. The minimum absolute atomic E-state index is 0.448. The fraction of sp³-hybridized carbons (Fsp3) is 0.400. The number of nitrogens with zero attached hydrogens (tertiary/aromatic N) is 1. The van der Waals surface area contributed by atoms with Crippen molar-refractivity contribution >= 4 is 0 Å². The van der Waals surface area contributed by atoms with Crippen LogP contribution in [-0.4, -0.2) is 38.2 Å². The van der Waals surface area contributed by atoms with E-state index in [2.05, 4.69) is 10.2 Å². The van der Waals surface area contributed by atoms with Crippen LogP contribution in [0.4, 0.5) is 17.6 Å². The van der Waals surface area contributed by atoms with E-state index in [1.54, 1.807) is 6.07 Å². The van der Waals surface area contributed by atoms with Crippen molar-refractivity contribution in [3.8, 4) is 5.75 Å². The maximum Gasteiger partial charge on any atom is 0.416 e. The molecule has 1 N–H and O–H groups in total. The number of nitrogens with one attached hydrogen (secondary N) is 1. The van der Waals surface area contributed by atoms with E-state index in [0.717, 1.165) is 25.1 Å². The third kappa shape index (κ3) is 4.59. The molecule has 0 bridgehead atoms. The van der Waals surface area contributed by atoms with Crippen molar-refractivity contribution in [1.82, 2.24) is 10.2 Å². The third-order valence-corrected chi connectivity index (χ3v) is 4.76. The Kier molecular flexibility index (Phi) is 6.01. The molecule has 1 atom stereocenters. The molecule has 0 aromatic heterocycles. The first-order chi connectivity index (χ1) is 12.9. The smallest absolute Gasteiger partial charge is 0.416 e. The number of rotatable bonds is 4. The number of methoxy groups -OCH3 is 1. The second-order valence-corrected chi connectivity index (χ2v) is 6.55. The molecular weight excluding hydrogens is 360 g/mol. The Morgan fingerprint density at radius 2 is 1.89 bits per heavy atom. The van der Waals surface area contributed by atoms with Crippen molar-refractivity contribution in [2.45, 2.75) is 18.6 Å². The number of ether oxygens (including phenoxy) is 1. The van der Waals surface area contributed by atoms with Gasteiger partial charge < -0.3 is 10.1 Å². The first-order valence-electron chi connectivity index (χ1n) is 8.85. The van der Waals surface area contributed by atoms with Crippen LogP contribution in [0.2, 0.25) is 0 Å². The van der Waals surface area contributed by atoms with Gasteiger partial charge in [-0.2, -0.15) is 13.2 Å². The van der Waals surface area contributed by atoms with Gasteiger partial charge in [0, 0.05) is 25.2 Å². The molecule has 3 nitrogen and oxygen atoms in total. The average Bonchev–Trinajstić information content (AvgIpc) is 2.91. The molecule has 1 fully saturated rings. The van der Waals surface area contributed by atoms with E-state index in [9.17, 15) is 17.6 Å². The summed E-state index contributed by atoms with van der Waals surface area (Å²) >= 11 is 0. The van der Waals surface area contributed by atoms with Gasteiger partial charge in [-0.25, -0.2) is 4.39 Å². The van der Waals surface area contributed by atoms with Crippen molar-refractivity contribution in [2.75, 3.05) is 33.3 Å². The summed E-state index contributed by atoms with van der Waals surface area (Å²) in [5.74, 6) is 0.00624.